The van der Waals surface area contributed by atoms with Crippen molar-refractivity contribution < 1.29 is 9.53 Å². The fraction of sp³-hybridized carbons (Fsp3) is 0.650. The summed E-state index contributed by atoms with van der Waals surface area (Å²) in [6, 6.07) is 9.01. The summed E-state index contributed by atoms with van der Waals surface area (Å²) in [5.74, 6) is 0.553. The number of hydrogen-bond acceptors (Lipinski definition) is 3. The molecule has 5 heteroatoms. The topological polar surface area (TPSA) is 41.6 Å². The number of benzene rings is 1. The van der Waals surface area contributed by atoms with Crippen LogP contribution in [0.2, 0.25) is 0 Å². The van der Waals surface area contributed by atoms with E-state index in [0.29, 0.717) is 12.0 Å². The van der Waals surface area contributed by atoms with Gasteiger partial charge in [-0.3, -0.25) is 0 Å². The fourth-order valence-electron chi connectivity index (χ4n) is 3.17. The minimum absolute atomic E-state index is 0.169. The number of rotatable bonds is 5. The summed E-state index contributed by atoms with van der Waals surface area (Å²) in [6.45, 7) is 10.6. The van der Waals surface area contributed by atoms with E-state index in [1.165, 1.54) is 15.6 Å². The van der Waals surface area contributed by atoms with Crippen molar-refractivity contribution in [2.75, 3.05) is 19.6 Å². The Kier molecular flexibility index (Phi) is 7.55. The van der Waals surface area contributed by atoms with Crippen molar-refractivity contribution in [3.05, 3.63) is 33.4 Å². The Balaban J connectivity index is 1.75. The number of hydrogen-bond donors (Lipinski definition) is 1. The van der Waals surface area contributed by atoms with Crippen LogP contribution >= 0.6 is 22.6 Å². The second-order valence-corrected chi connectivity index (χ2v) is 9.20. The summed E-state index contributed by atoms with van der Waals surface area (Å²) in [4.78, 5) is 14.1. The Morgan fingerprint density at radius 2 is 2.04 bits per heavy atom. The SMILES string of the molecule is CC(NCCC1CCCN(C(=O)OC(C)(C)C)C1)c1ccc(I)cc1. The summed E-state index contributed by atoms with van der Waals surface area (Å²) in [5.41, 5.74) is 0.897. The average Bonchev–Trinajstić information content (AvgIpc) is 2.54. The fourth-order valence-corrected chi connectivity index (χ4v) is 3.53. The van der Waals surface area contributed by atoms with Crippen LogP contribution in [0.15, 0.2) is 24.3 Å². The Morgan fingerprint density at radius 1 is 1.36 bits per heavy atom. The van der Waals surface area contributed by atoms with Crippen LogP contribution in [0.25, 0.3) is 0 Å². The smallest absolute Gasteiger partial charge is 0.410 e. The van der Waals surface area contributed by atoms with Gasteiger partial charge in [-0.25, -0.2) is 4.79 Å². The minimum atomic E-state index is -0.422. The van der Waals surface area contributed by atoms with Crippen molar-refractivity contribution in [1.29, 1.82) is 0 Å². The van der Waals surface area contributed by atoms with Crippen LogP contribution in [0.3, 0.4) is 0 Å². The predicted molar refractivity (Wildman–Crippen MR) is 111 cm³/mol. The van der Waals surface area contributed by atoms with E-state index < -0.39 is 5.60 Å². The zero-order valence-corrected chi connectivity index (χ0v) is 18.0. The number of ether oxygens (including phenoxy) is 1. The number of piperidine rings is 1. The first-order valence-electron chi connectivity index (χ1n) is 9.21. The van der Waals surface area contributed by atoms with Crippen LogP contribution in [0, 0.1) is 9.49 Å². The standard InChI is InChI=1S/C20H31IN2O2/c1-15(17-7-9-18(21)10-8-17)22-12-11-16-6-5-13-23(14-16)19(24)25-20(2,3)4/h7-10,15-16,22H,5-6,11-14H2,1-4H3. The summed E-state index contributed by atoms with van der Waals surface area (Å²) >= 11 is 2.33. The van der Waals surface area contributed by atoms with E-state index in [0.717, 1.165) is 32.5 Å². The molecule has 1 N–H and O–H groups in total. The van der Waals surface area contributed by atoms with Gasteiger partial charge in [0, 0.05) is 22.7 Å². The number of amides is 1. The second kappa shape index (κ2) is 9.21. The lowest BCUT2D eigenvalue weighted by molar-refractivity contribution is 0.0161. The maximum atomic E-state index is 12.2. The summed E-state index contributed by atoms with van der Waals surface area (Å²) < 4.78 is 6.77. The Bertz CT molecular complexity index is 554. The molecule has 25 heavy (non-hydrogen) atoms. The number of likely N-dealkylation sites (tertiary alicyclic amines) is 1. The second-order valence-electron chi connectivity index (χ2n) is 7.95. The van der Waals surface area contributed by atoms with Gasteiger partial charge in [0.05, 0.1) is 0 Å². The lowest BCUT2D eigenvalue weighted by Gasteiger charge is -2.34. The minimum Gasteiger partial charge on any atom is -0.444 e. The van der Waals surface area contributed by atoms with Crippen LogP contribution in [0.5, 0.6) is 0 Å². The molecule has 1 saturated heterocycles. The van der Waals surface area contributed by atoms with E-state index >= 15 is 0 Å². The van der Waals surface area contributed by atoms with Crippen LogP contribution in [0.1, 0.15) is 58.6 Å². The van der Waals surface area contributed by atoms with E-state index in [-0.39, 0.29) is 6.09 Å². The molecule has 0 aromatic heterocycles. The molecule has 1 aromatic carbocycles. The van der Waals surface area contributed by atoms with Gasteiger partial charge < -0.3 is 15.0 Å². The van der Waals surface area contributed by atoms with Crippen molar-refractivity contribution in [1.82, 2.24) is 10.2 Å². The van der Waals surface area contributed by atoms with Crippen molar-refractivity contribution in [3.8, 4) is 0 Å². The number of nitrogens with zero attached hydrogens (tertiary/aromatic N) is 1. The van der Waals surface area contributed by atoms with Crippen LogP contribution in [-0.2, 0) is 4.74 Å². The van der Waals surface area contributed by atoms with Crippen molar-refractivity contribution in [2.45, 2.75) is 58.6 Å². The van der Waals surface area contributed by atoms with Gasteiger partial charge in [-0.1, -0.05) is 12.1 Å². The molecule has 2 atom stereocenters. The monoisotopic (exact) mass is 458 g/mol. The molecule has 1 aromatic rings. The largest absolute Gasteiger partial charge is 0.444 e. The molecule has 2 unspecified atom stereocenters. The number of carbonyl (C=O) groups is 1. The molecule has 1 amide bonds. The van der Waals surface area contributed by atoms with Crippen LogP contribution in [-0.4, -0.2) is 36.2 Å². The van der Waals surface area contributed by atoms with Crippen molar-refractivity contribution in [3.63, 3.8) is 0 Å². The molecule has 0 spiro atoms. The zero-order chi connectivity index (χ0) is 18.4. The first kappa shape index (κ1) is 20.5. The van der Waals surface area contributed by atoms with Gasteiger partial charge in [0.2, 0.25) is 0 Å². The summed E-state index contributed by atoms with van der Waals surface area (Å²) in [5, 5.41) is 3.61. The number of carbonyl (C=O) groups excluding carboxylic acids is 1. The third-order valence-corrected chi connectivity index (χ3v) is 5.26. The average molecular weight is 458 g/mol. The molecule has 2 rings (SSSR count). The molecule has 1 aliphatic heterocycles. The van der Waals surface area contributed by atoms with Gasteiger partial charge in [-0.15, -0.1) is 0 Å². The van der Waals surface area contributed by atoms with E-state index in [9.17, 15) is 4.79 Å². The first-order valence-corrected chi connectivity index (χ1v) is 10.3. The highest BCUT2D eigenvalue weighted by molar-refractivity contribution is 14.1. The molecule has 1 aliphatic rings. The van der Waals surface area contributed by atoms with Gasteiger partial charge in [-0.05, 0) is 99.7 Å². The molecule has 0 radical (unpaired) electrons. The molecule has 0 aliphatic carbocycles. The van der Waals surface area contributed by atoms with Gasteiger partial charge in [0.1, 0.15) is 5.60 Å². The van der Waals surface area contributed by atoms with E-state index in [1.54, 1.807) is 0 Å². The summed E-state index contributed by atoms with van der Waals surface area (Å²) in [6.07, 6.45) is 3.18. The van der Waals surface area contributed by atoms with E-state index in [1.807, 2.05) is 25.7 Å². The van der Waals surface area contributed by atoms with Gasteiger partial charge >= 0.3 is 6.09 Å². The first-order chi connectivity index (χ1) is 11.7. The highest BCUT2D eigenvalue weighted by atomic mass is 127. The highest BCUT2D eigenvalue weighted by Crippen LogP contribution is 2.22. The zero-order valence-electron chi connectivity index (χ0n) is 15.8. The lowest BCUT2D eigenvalue weighted by atomic mass is 9.95. The normalized spacial score (nSPS) is 19.6. The molecule has 0 bridgehead atoms. The molecule has 1 fully saturated rings. The Labute approximate surface area is 165 Å². The van der Waals surface area contributed by atoms with Gasteiger partial charge in [-0.2, -0.15) is 0 Å². The van der Waals surface area contributed by atoms with Crippen molar-refractivity contribution >= 4 is 28.7 Å². The molecule has 140 valence electrons. The maximum Gasteiger partial charge on any atom is 0.410 e. The molecular formula is C20H31IN2O2. The molecule has 0 saturated carbocycles. The third-order valence-electron chi connectivity index (χ3n) is 4.54. The van der Waals surface area contributed by atoms with Crippen LogP contribution in [0.4, 0.5) is 4.79 Å². The number of nitrogens with one attached hydrogen (secondary N) is 1. The van der Waals surface area contributed by atoms with E-state index in [2.05, 4.69) is 59.1 Å². The summed E-state index contributed by atoms with van der Waals surface area (Å²) in [7, 11) is 0. The van der Waals surface area contributed by atoms with Crippen molar-refractivity contribution in [2.24, 2.45) is 5.92 Å². The lowest BCUT2D eigenvalue weighted by Crippen LogP contribution is -2.43. The highest BCUT2D eigenvalue weighted by Gasteiger charge is 2.27. The molecular weight excluding hydrogens is 427 g/mol. The quantitative estimate of drug-likeness (QED) is 0.633. The van der Waals surface area contributed by atoms with E-state index in [4.69, 9.17) is 4.74 Å². The molecule has 4 nitrogen and oxygen atoms in total. The third kappa shape index (κ3) is 7.13. The Morgan fingerprint density at radius 3 is 2.68 bits per heavy atom. The molecule has 1 heterocycles. The van der Waals surface area contributed by atoms with Crippen LogP contribution < -0.4 is 5.32 Å². The number of halogens is 1. The maximum absolute atomic E-state index is 12.2. The Hall–Kier alpha value is -0.820. The predicted octanol–water partition coefficient (Wildman–Crippen LogP) is 4.98. The van der Waals surface area contributed by atoms with Gasteiger partial charge in [0.15, 0.2) is 0 Å². The van der Waals surface area contributed by atoms with Gasteiger partial charge in [0.25, 0.3) is 0 Å².